The molecule has 0 fully saturated rings. The van der Waals surface area contributed by atoms with Gasteiger partial charge in [-0.15, -0.1) is 15.3 Å². The number of carbonyl (C=O) groups excluding carboxylic acids is 1. The summed E-state index contributed by atoms with van der Waals surface area (Å²) < 4.78 is 1.57. The third-order valence-corrected chi connectivity index (χ3v) is 3.10. The zero-order valence-electron chi connectivity index (χ0n) is 11.2. The summed E-state index contributed by atoms with van der Waals surface area (Å²) in [5.41, 5.74) is 1.53. The molecular weight excluding hydrogens is 254 g/mol. The van der Waals surface area contributed by atoms with Crippen molar-refractivity contribution in [2.45, 2.75) is 20.3 Å². The average Bonchev–Trinajstić information content (AvgIpc) is 2.92. The summed E-state index contributed by atoms with van der Waals surface area (Å²) in [5, 5.41) is 12.3. The van der Waals surface area contributed by atoms with Crippen molar-refractivity contribution in [2.75, 3.05) is 0 Å². The molecule has 0 unspecified atom stereocenters. The molecule has 2 heterocycles. The van der Waals surface area contributed by atoms with E-state index in [9.17, 15) is 4.79 Å². The number of ketones is 1. The molecule has 0 spiro atoms. The normalized spacial score (nSPS) is 10.9. The fourth-order valence-corrected chi connectivity index (χ4v) is 1.99. The highest BCUT2D eigenvalue weighted by atomic mass is 16.1. The summed E-state index contributed by atoms with van der Waals surface area (Å²) >= 11 is 0. The van der Waals surface area contributed by atoms with Gasteiger partial charge in [-0.3, -0.25) is 4.79 Å². The molecule has 2 aromatic heterocycles. The SMILES string of the molecule is CCc1nc2nnc(C(=O)c3ccccc3)c(C)n2n1. The molecule has 3 aromatic rings. The predicted molar refractivity (Wildman–Crippen MR) is 72.6 cm³/mol. The second-order valence-corrected chi connectivity index (χ2v) is 4.42. The molecule has 0 saturated carbocycles. The van der Waals surface area contributed by atoms with Gasteiger partial charge < -0.3 is 0 Å². The van der Waals surface area contributed by atoms with Crippen LogP contribution in [0.4, 0.5) is 0 Å². The van der Waals surface area contributed by atoms with Crippen LogP contribution < -0.4 is 0 Å². The van der Waals surface area contributed by atoms with Crippen molar-refractivity contribution in [1.29, 1.82) is 0 Å². The van der Waals surface area contributed by atoms with Gasteiger partial charge in [-0.25, -0.2) is 0 Å². The number of aromatic nitrogens is 5. The first-order chi connectivity index (χ1) is 9.70. The zero-order chi connectivity index (χ0) is 14.1. The summed E-state index contributed by atoms with van der Waals surface area (Å²) in [5.74, 6) is 0.946. The van der Waals surface area contributed by atoms with Gasteiger partial charge in [0, 0.05) is 12.0 Å². The van der Waals surface area contributed by atoms with E-state index in [-0.39, 0.29) is 5.78 Å². The Morgan fingerprint density at radius 2 is 1.95 bits per heavy atom. The molecule has 0 radical (unpaired) electrons. The van der Waals surface area contributed by atoms with Crippen LogP contribution in [0.3, 0.4) is 0 Å². The smallest absolute Gasteiger partial charge is 0.272 e. The molecule has 6 nitrogen and oxygen atoms in total. The highest BCUT2D eigenvalue weighted by molar-refractivity contribution is 6.08. The molecule has 0 bridgehead atoms. The van der Waals surface area contributed by atoms with E-state index in [1.54, 1.807) is 23.6 Å². The topological polar surface area (TPSA) is 73.0 Å². The number of hydrogen-bond donors (Lipinski definition) is 0. The molecule has 0 aliphatic heterocycles. The van der Waals surface area contributed by atoms with E-state index in [4.69, 9.17) is 0 Å². The van der Waals surface area contributed by atoms with Crippen LogP contribution in [0.2, 0.25) is 0 Å². The molecule has 100 valence electrons. The van der Waals surface area contributed by atoms with Crippen molar-refractivity contribution >= 4 is 11.6 Å². The van der Waals surface area contributed by atoms with Gasteiger partial charge in [0.2, 0.25) is 5.78 Å². The Labute approximate surface area is 115 Å². The van der Waals surface area contributed by atoms with Crippen molar-refractivity contribution < 1.29 is 4.79 Å². The van der Waals surface area contributed by atoms with Crippen LogP contribution in [-0.2, 0) is 6.42 Å². The third-order valence-electron chi connectivity index (χ3n) is 3.10. The fourth-order valence-electron chi connectivity index (χ4n) is 1.99. The van der Waals surface area contributed by atoms with Crippen LogP contribution in [0.25, 0.3) is 5.78 Å². The molecule has 6 heteroatoms. The Bertz CT molecular complexity index is 779. The molecule has 0 aliphatic rings. The molecule has 0 atom stereocenters. The summed E-state index contributed by atoms with van der Waals surface area (Å²) in [6.07, 6.45) is 0.713. The number of fused-ring (bicyclic) bond motifs is 1. The minimum atomic E-state index is -0.161. The molecule has 1 aromatic carbocycles. The maximum atomic E-state index is 12.4. The molecule has 0 aliphatic carbocycles. The quantitative estimate of drug-likeness (QED) is 0.674. The predicted octanol–water partition coefficient (Wildman–Crippen LogP) is 1.62. The highest BCUT2D eigenvalue weighted by Gasteiger charge is 2.18. The second-order valence-electron chi connectivity index (χ2n) is 4.42. The summed E-state index contributed by atoms with van der Waals surface area (Å²) in [6.45, 7) is 3.76. The number of hydrogen-bond acceptors (Lipinski definition) is 5. The van der Waals surface area contributed by atoms with E-state index in [0.717, 1.165) is 0 Å². The highest BCUT2D eigenvalue weighted by Crippen LogP contribution is 2.12. The Balaban J connectivity index is 2.13. The molecule has 20 heavy (non-hydrogen) atoms. The summed E-state index contributed by atoms with van der Waals surface area (Å²) in [7, 11) is 0. The number of nitrogens with zero attached hydrogens (tertiary/aromatic N) is 5. The first-order valence-electron chi connectivity index (χ1n) is 6.39. The van der Waals surface area contributed by atoms with Gasteiger partial charge in [0.15, 0.2) is 11.5 Å². The van der Waals surface area contributed by atoms with E-state index in [1.807, 2.05) is 25.1 Å². The molecule has 0 saturated heterocycles. The van der Waals surface area contributed by atoms with Crippen molar-refractivity contribution in [2.24, 2.45) is 0 Å². The van der Waals surface area contributed by atoms with Crippen LogP contribution in [0.1, 0.15) is 34.5 Å². The number of carbonyl (C=O) groups is 1. The minimum Gasteiger partial charge on any atom is -0.287 e. The van der Waals surface area contributed by atoms with Crippen LogP contribution >= 0.6 is 0 Å². The van der Waals surface area contributed by atoms with Crippen molar-refractivity contribution in [3.63, 3.8) is 0 Å². The lowest BCUT2D eigenvalue weighted by atomic mass is 10.1. The van der Waals surface area contributed by atoms with Gasteiger partial charge >= 0.3 is 0 Å². The van der Waals surface area contributed by atoms with E-state index >= 15 is 0 Å². The first-order valence-corrected chi connectivity index (χ1v) is 6.39. The third kappa shape index (κ3) is 1.95. The van der Waals surface area contributed by atoms with E-state index in [0.29, 0.717) is 35.0 Å². The molecular formula is C14H13N5O. The summed E-state index contributed by atoms with van der Waals surface area (Å²) in [6, 6.07) is 9.01. The van der Waals surface area contributed by atoms with Gasteiger partial charge in [-0.1, -0.05) is 37.3 Å². The minimum absolute atomic E-state index is 0.161. The zero-order valence-corrected chi connectivity index (χ0v) is 11.2. The van der Waals surface area contributed by atoms with Crippen LogP contribution in [-0.4, -0.2) is 30.6 Å². The van der Waals surface area contributed by atoms with Gasteiger partial charge in [0.25, 0.3) is 5.78 Å². The standard InChI is InChI=1S/C14H13N5O/c1-3-11-15-14-17-16-12(9(2)19(14)18-11)13(20)10-7-5-4-6-8-10/h4-8H,3H2,1-2H3. The van der Waals surface area contributed by atoms with Crippen LogP contribution in [0, 0.1) is 6.92 Å². The largest absolute Gasteiger partial charge is 0.287 e. The van der Waals surface area contributed by atoms with Gasteiger partial charge in [-0.2, -0.15) is 9.50 Å². The maximum absolute atomic E-state index is 12.4. The van der Waals surface area contributed by atoms with E-state index in [1.165, 1.54) is 0 Å². The molecule has 0 N–H and O–H groups in total. The van der Waals surface area contributed by atoms with Gasteiger partial charge in [0.1, 0.15) is 0 Å². The van der Waals surface area contributed by atoms with Gasteiger partial charge in [-0.05, 0) is 6.92 Å². The number of rotatable bonds is 3. The summed E-state index contributed by atoms with van der Waals surface area (Å²) in [4.78, 5) is 16.7. The number of benzene rings is 1. The number of aryl methyl sites for hydroxylation is 2. The lowest BCUT2D eigenvalue weighted by molar-refractivity contribution is 0.103. The van der Waals surface area contributed by atoms with Crippen molar-refractivity contribution in [3.05, 3.63) is 53.1 Å². The van der Waals surface area contributed by atoms with Crippen LogP contribution in [0.5, 0.6) is 0 Å². The van der Waals surface area contributed by atoms with Crippen molar-refractivity contribution in [3.8, 4) is 0 Å². The maximum Gasteiger partial charge on any atom is 0.272 e. The van der Waals surface area contributed by atoms with Gasteiger partial charge in [0.05, 0.1) is 5.69 Å². The lowest BCUT2D eigenvalue weighted by Crippen LogP contribution is -2.12. The first kappa shape index (κ1) is 12.4. The Morgan fingerprint density at radius 1 is 1.20 bits per heavy atom. The van der Waals surface area contributed by atoms with Crippen molar-refractivity contribution in [1.82, 2.24) is 24.8 Å². The Kier molecular flexibility index (Phi) is 2.98. The molecule has 3 rings (SSSR count). The second kappa shape index (κ2) is 4.80. The lowest BCUT2D eigenvalue weighted by Gasteiger charge is -2.04. The fraction of sp³-hybridized carbons (Fsp3) is 0.214. The van der Waals surface area contributed by atoms with E-state index < -0.39 is 0 Å². The molecule has 0 amide bonds. The Morgan fingerprint density at radius 3 is 2.65 bits per heavy atom. The van der Waals surface area contributed by atoms with Crippen LogP contribution in [0.15, 0.2) is 30.3 Å². The monoisotopic (exact) mass is 267 g/mol. The van der Waals surface area contributed by atoms with E-state index in [2.05, 4.69) is 20.3 Å². The average molecular weight is 267 g/mol. The Hall–Kier alpha value is -2.63.